The van der Waals surface area contributed by atoms with Crippen LogP contribution in [0.3, 0.4) is 0 Å². The smallest absolute Gasteiger partial charge is 0.304 e. The summed E-state index contributed by atoms with van der Waals surface area (Å²) in [6.45, 7) is 0.0830. The third-order valence-electron chi connectivity index (χ3n) is 3.46. The second-order valence-corrected chi connectivity index (χ2v) is 6.55. The lowest BCUT2D eigenvalue weighted by molar-refractivity contribution is -0.137. The topological polar surface area (TPSA) is 129 Å². The maximum Gasteiger partial charge on any atom is 0.304 e. The van der Waals surface area contributed by atoms with Crippen molar-refractivity contribution in [3.8, 4) is 23.0 Å². The molecular weight excluding hydrogens is 414 g/mol. The molecule has 0 aliphatic carbocycles. The summed E-state index contributed by atoms with van der Waals surface area (Å²) in [7, 11) is 0. The molecule has 0 saturated heterocycles. The van der Waals surface area contributed by atoms with E-state index in [2.05, 4.69) is 20.4 Å². The van der Waals surface area contributed by atoms with Crippen molar-refractivity contribution in [2.45, 2.75) is 19.0 Å². The van der Waals surface area contributed by atoms with E-state index in [-0.39, 0.29) is 40.5 Å². The molecule has 28 heavy (non-hydrogen) atoms. The van der Waals surface area contributed by atoms with Crippen molar-refractivity contribution in [3.05, 3.63) is 46.3 Å². The number of halogens is 3. The van der Waals surface area contributed by atoms with Gasteiger partial charge in [0.25, 0.3) is 5.88 Å². The molecule has 2 heterocycles. The Labute approximate surface area is 167 Å². The molecule has 1 unspecified atom stereocenters. The predicted octanol–water partition coefficient (Wildman–Crippen LogP) is 2.78. The molecule has 0 aliphatic heterocycles. The molecule has 0 bridgehead atoms. The molecule has 146 valence electrons. The van der Waals surface area contributed by atoms with Crippen molar-refractivity contribution in [2.24, 2.45) is 5.73 Å². The Balaban J connectivity index is 1.75. The first-order chi connectivity index (χ1) is 13.3. The number of benzene rings is 1. The van der Waals surface area contributed by atoms with Gasteiger partial charge in [-0.05, 0) is 23.4 Å². The van der Waals surface area contributed by atoms with Crippen LogP contribution in [-0.2, 0) is 11.3 Å². The first-order valence-corrected chi connectivity index (χ1v) is 8.61. The van der Waals surface area contributed by atoms with Crippen LogP contribution in [0.5, 0.6) is 11.6 Å². The van der Waals surface area contributed by atoms with E-state index >= 15 is 0 Å². The molecule has 3 rings (SSSR count). The first-order valence-electron chi connectivity index (χ1n) is 7.86. The van der Waals surface area contributed by atoms with Gasteiger partial charge < -0.3 is 15.6 Å². The molecule has 3 aromatic rings. The minimum absolute atomic E-state index is 0.0830. The molecule has 2 aromatic heterocycles. The summed E-state index contributed by atoms with van der Waals surface area (Å²) in [5, 5.41) is 21.0. The quantitative estimate of drug-likeness (QED) is 0.589. The number of carboxylic acid groups (broad SMARTS) is 1. The van der Waals surface area contributed by atoms with Gasteiger partial charge in [0.1, 0.15) is 5.75 Å². The SMILES string of the molecule is NC(CC(=O)O)Cn1nnc(-c2ccc(Oc3ncc(Cl)cc3F)cc2Cl)n1. The zero-order valence-electron chi connectivity index (χ0n) is 14.1. The van der Waals surface area contributed by atoms with Gasteiger partial charge in [-0.15, -0.1) is 10.2 Å². The van der Waals surface area contributed by atoms with Crippen molar-refractivity contribution in [1.29, 1.82) is 0 Å². The maximum absolute atomic E-state index is 13.8. The normalized spacial score (nSPS) is 12.0. The Morgan fingerprint density at radius 1 is 1.36 bits per heavy atom. The van der Waals surface area contributed by atoms with Crippen LogP contribution in [0.25, 0.3) is 11.4 Å². The number of nitrogens with zero attached hydrogens (tertiary/aromatic N) is 5. The maximum atomic E-state index is 13.8. The summed E-state index contributed by atoms with van der Waals surface area (Å²) >= 11 is 11.9. The minimum atomic E-state index is -1.02. The highest BCUT2D eigenvalue weighted by molar-refractivity contribution is 6.33. The van der Waals surface area contributed by atoms with Crippen LogP contribution >= 0.6 is 23.2 Å². The molecular formula is C16H13Cl2FN6O3. The van der Waals surface area contributed by atoms with E-state index in [1.54, 1.807) is 6.07 Å². The van der Waals surface area contributed by atoms with Crippen LogP contribution in [-0.4, -0.2) is 42.3 Å². The fraction of sp³-hybridized carbons (Fsp3) is 0.188. The van der Waals surface area contributed by atoms with Gasteiger partial charge >= 0.3 is 5.97 Å². The molecule has 0 spiro atoms. The fourth-order valence-electron chi connectivity index (χ4n) is 2.26. The van der Waals surface area contributed by atoms with Crippen molar-refractivity contribution >= 4 is 29.2 Å². The van der Waals surface area contributed by atoms with E-state index in [0.29, 0.717) is 5.56 Å². The molecule has 0 radical (unpaired) electrons. The number of ether oxygens (including phenoxy) is 1. The number of tetrazole rings is 1. The number of hydrogen-bond donors (Lipinski definition) is 2. The lowest BCUT2D eigenvalue weighted by atomic mass is 10.2. The zero-order valence-corrected chi connectivity index (χ0v) is 15.6. The summed E-state index contributed by atoms with van der Waals surface area (Å²) in [6, 6.07) is 4.98. The molecule has 1 atom stereocenters. The molecule has 3 N–H and O–H groups in total. The summed E-state index contributed by atoms with van der Waals surface area (Å²) in [5.41, 5.74) is 6.16. The van der Waals surface area contributed by atoms with Gasteiger partial charge in [0, 0.05) is 23.9 Å². The van der Waals surface area contributed by atoms with Crippen molar-refractivity contribution in [1.82, 2.24) is 25.2 Å². The van der Waals surface area contributed by atoms with Crippen LogP contribution in [0, 0.1) is 5.82 Å². The lowest BCUT2D eigenvalue weighted by Crippen LogP contribution is -2.30. The number of nitrogens with two attached hydrogens (primary N) is 1. The molecule has 12 heteroatoms. The Kier molecular flexibility index (Phi) is 6.02. The Morgan fingerprint density at radius 3 is 2.82 bits per heavy atom. The van der Waals surface area contributed by atoms with Crippen LogP contribution in [0.4, 0.5) is 4.39 Å². The first kappa shape index (κ1) is 19.9. The number of carboxylic acids is 1. The summed E-state index contributed by atoms with van der Waals surface area (Å²) < 4.78 is 19.2. The summed E-state index contributed by atoms with van der Waals surface area (Å²) in [6.07, 6.45) is 1.03. The molecule has 9 nitrogen and oxygen atoms in total. The number of carbonyl (C=O) groups is 1. The second kappa shape index (κ2) is 8.46. The van der Waals surface area contributed by atoms with Crippen LogP contribution < -0.4 is 10.5 Å². The van der Waals surface area contributed by atoms with Crippen LogP contribution in [0.1, 0.15) is 6.42 Å². The van der Waals surface area contributed by atoms with E-state index < -0.39 is 17.8 Å². The third-order valence-corrected chi connectivity index (χ3v) is 3.98. The average molecular weight is 427 g/mol. The van der Waals surface area contributed by atoms with Gasteiger partial charge in [-0.3, -0.25) is 4.79 Å². The van der Waals surface area contributed by atoms with Gasteiger partial charge in [0.15, 0.2) is 5.82 Å². The van der Waals surface area contributed by atoms with Gasteiger partial charge in [-0.25, -0.2) is 9.37 Å². The highest BCUT2D eigenvalue weighted by Gasteiger charge is 2.15. The number of aromatic nitrogens is 5. The largest absolute Gasteiger partial charge is 0.481 e. The van der Waals surface area contributed by atoms with E-state index in [1.165, 1.54) is 23.1 Å². The second-order valence-electron chi connectivity index (χ2n) is 5.71. The van der Waals surface area contributed by atoms with Crippen molar-refractivity contribution in [2.75, 3.05) is 0 Å². The molecule has 0 amide bonds. The van der Waals surface area contributed by atoms with Gasteiger partial charge in [0.2, 0.25) is 5.82 Å². The van der Waals surface area contributed by atoms with Crippen LogP contribution in [0.15, 0.2) is 30.5 Å². The van der Waals surface area contributed by atoms with E-state index in [4.69, 9.17) is 38.8 Å². The number of rotatable bonds is 7. The zero-order chi connectivity index (χ0) is 20.3. The summed E-state index contributed by atoms with van der Waals surface area (Å²) in [5.74, 6) is -1.51. The standard InChI is InChI=1S/C16H13Cl2FN6O3/c17-8-3-13(19)16(21-6-8)28-10-1-2-11(12(18)5-10)15-22-24-25(23-15)7-9(20)4-14(26)27/h1-3,5-6,9H,4,7,20H2,(H,26,27). The highest BCUT2D eigenvalue weighted by Crippen LogP contribution is 2.31. The van der Waals surface area contributed by atoms with Crippen LogP contribution in [0.2, 0.25) is 10.0 Å². The Hall–Kier alpha value is -2.82. The molecule has 0 saturated carbocycles. The number of hydrogen-bond acceptors (Lipinski definition) is 7. The molecule has 0 fully saturated rings. The number of pyridine rings is 1. The molecule has 0 aliphatic rings. The number of aliphatic carboxylic acids is 1. The van der Waals surface area contributed by atoms with E-state index in [9.17, 15) is 9.18 Å². The Morgan fingerprint density at radius 2 is 2.14 bits per heavy atom. The van der Waals surface area contributed by atoms with Crippen molar-refractivity contribution in [3.63, 3.8) is 0 Å². The van der Waals surface area contributed by atoms with Gasteiger partial charge in [-0.2, -0.15) is 4.80 Å². The van der Waals surface area contributed by atoms with E-state index in [1.807, 2.05) is 0 Å². The summed E-state index contributed by atoms with van der Waals surface area (Å²) in [4.78, 5) is 15.6. The predicted molar refractivity (Wildman–Crippen MR) is 97.8 cm³/mol. The molecule has 1 aromatic carbocycles. The average Bonchev–Trinajstić information content (AvgIpc) is 3.04. The third kappa shape index (κ3) is 4.91. The lowest BCUT2D eigenvalue weighted by Gasteiger charge is -2.08. The van der Waals surface area contributed by atoms with Gasteiger partial charge in [-0.1, -0.05) is 23.2 Å². The van der Waals surface area contributed by atoms with E-state index in [0.717, 1.165) is 6.07 Å². The monoisotopic (exact) mass is 426 g/mol. The fourth-order valence-corrected chi connectivity index (χ4v) is 2.66. The van der Waals surface area contributed by atoms with Crippen molar-refractivity contribution < 1.29 is 19.0 Å². The minimum Gasteiger partial charge on any atom is -0.481 e. The highest BCUT2D eigenvalue weighted by atomic mass is 35.5. The van der Waals surface area contributed by atoms with Gasteiger partial charge in [0.05, 0.1) is 23.0 Å². The Bertz CT molecular complexity index is 1020.